The zero-order valence-electron chi connectivity index (χ0n) is 19.6. The number of halogens is 1. The molecule has 0 radical (unpaired) electrons. The largest absolute Gasteiger partial charge is 0.353 e. The summed E-state index contributed by atoms with van der Waals surface area (Å²) in [4.78, 5) is 26.6. The van der Waals surface area contributed by atoms with Gasteiger partial charge in [0.25, 0.3) is 0 Å². The maximum atomic E-state index is 13.0. The smallest absolute Gasteiger partial charge is 0.224 e. The van der Waals surface area contributed by atoms with Gasteiger partial charge in [-0.1, -0.05) is 24.3 Å². The minimum absolute atomic E-state index is 0.0297. The van der Waals surface area contributed by atoms with E-state index in [0.29, 0.717) is 6.42 Å². The SMILES string of the molecule is CC(=O)c1ccc2c(c1)CCN(CCC1CCC(NC(=O)Cc3ccc(F)cc3)CC1)CC2. The first-order valence-corrected chi connectivity index (χ1v) is 12.3. The van der Waals surface area contributed by atoms with Gasteiger partial charge in [-0.2, -0.15) is 0 Å². The standard InChI is InChI=1S/C28H35FN2O2/c1-20(32)24-7-6-23-13-16-31(17-14-25(23)19-24)15-12-21-4-10-27(11-5-21)30-28(33)18-22-2-8-26(29)9-3-22/h2-3,6-9,19,21,27H,4-5,10-18H2,1H3,(H,30,33). The second-order valence-corrected chi connectivity index (χ2v) is 9.76. The summed E-state index contributed by atoms with van der Waals surface area (Å²) in [6.45, 7) is 4.90. The van der Waals surface area contributed by atoms with Crippen molar-refractivity contribution in [2.75, 3.05) is 19.6 Å². The fourth-order valence-corrected chi connectivity index (χ4v) is 5.24. The van der Waals surface area contributed by atoms with Gasteiger partial charge in [0.1, 0.15) is 5.82 Å². The van der Waals surface area contributed by atoms with Crippen LogP contribution in [0.15, 0.2) is 42.5 Å². The second kappa shape index (κ2) is 11.1. The lowest BCUT2D eigenvalue weighted by molar-refractivity contribution is -0.121. The van der Waals surface area contributed by atoms with Gasteiger partial charge in [0.15, 0.2) is 5.78 Å². The molecule has 1 amide bonds. The molecule has 4 rings (SSSR count). The van der Waals surface area contributed by atoms with Crippen molar-refractivity contribution in [2.24, 2.45) is 5.92 Å². The number of carbonyl (C=O) groups excluding carboxylic acids is 2. The Hall–Kier alpha value is -2.53. The van der Waals surface area contributed by atoms with Crippen molar-refractivity contribution < 1.29 is 14.0 Å². The zero-order chi connectivity index (χ0) is 23.2. The molecule has 1 heterocycles. The lowest BCUT2D eigenvalue weighted by atomic mass is 9.84. The molecule has 1 aliphatic heterocycles. The van der Waals surface area contributed by atoms with Crippen LogP contribution in [0.4, 0.5) is 4.39 Å². The van der Waals surface area contributed by atoms with Gasteiger partial charge in [-0.15, -0.1) is 0 Å². The lowest BCUT2D eigenvalue weighted by Gasteiger charge is -2.30. The molecule has 176 valence electrons. The monoisotopic (exact) mass is 450 g/mol. The second-order valence-electron chi connectivity index (χ2n) is 9.76. The molecule has 33 heavy (non-hydrogen) atoms. The van der Waals surface area contributed by atoms with E-state index >= 15 is 0 Å². The van der Waals surface area contributed by atoms with Gasteiger partial charge in [-0.25, -0.2) is 4.39 Å². The number of nitrogens with one attached hydrogen (secondary N) is 1. The number of nitrogens with zero attached hydrogens (tertiary/aromatic N) is 1. The van der Waals surface area contributed by atoms with E-state index in [4.69, 9.17) is 0 Å². The maximum absolute atomic E-state index is 13.0. The number of hydrogen-bond donors (Lipinski definition) is 1. The minimum Gasteiger partial charge on any atom is -0.353 e. The van der Waals surface area contributed by atoms with E-state index in [0.717, 1.165) is 75.2 Å². The topological polar surface area (TPSA) is 49.4 Å². The van der Waals surface area contributed by atoms with Crippen LogP contribution in [-0.2, 0) is 24.1 Å². The number of carbonyl (C=O) groups is 2. The Morgan fingerprint density at radius 2 is 1.67 bits per heavy atom. The first-order valence-electron chi connectivity index (χ1n) is 12.3. The molecule has 0 unspecified atom stereocenters. The van der Waals surface area contributed by atoms with Crippen LogP contribution < -0.4 is 5.32 Å². The summed E-state index contributed by atoms with van der Waals surface area (Å²) in [7, 11) is 0. The molecule has 2 aromatic carbocycles. The van der Waals surface area contributed by atoms with E-state index in [9.17, 15) is 14.0 Å². The molecule has 2 aromatic rings. The third-order valence-electron chi connectivity index (χ3n) is 7.35. The highest BCUT2D eigenvalue weighted by Gasteiger charge is 2.23. The molecule has 1 saturated carbocycles. The fraction of sp³-hybridized carbons (Fsp3) is 0.500. The summed E-state index contributed by atoms with van der Waals surface area (Å²) in [6, 6.07) is 12.6. The maximum Gasteiger partial charge on any atom is 0.224 e. The van der Waals surface area contributed by atoms with Crippen LogP contribution in [0.3, 0.4) is 0 Å². The average Bonchev–Trinajstić information content (AvgIpc) is 3.02. The lowest BCUT2D eigenvalue weighted by Crippen LogP contribution is -2.39. The summed E-state index contributed by atoms with van der Waals surface area (Å²) in [5.74, 6) is 0.623. The highest BCUT2D eigenvalue weighted by atomic mass is 19.1. The molecule has 5 heteroatoms. The predicted octanol–water partition coefficient (Wildman–Crippen LogP) is 4.74. The van der Waals surface area contributed by atoms with Gasteiger partial charge in [0, 0.05) is 24.7 Å². The first kappa shape index (κ1) is 23.6. The van der Waals surface area contributed by atoms with Crippen LogP contribution >= 0.6 is 0 Å². The van der Waals surface area contributed by atoms with Crippen LogP contribution in [0, 0.1) is 11.7 Å². The summed E-state index contributed by atoms with van der Waals surface area (Å²) < 4.78 is 13.0. The van der Waals surface area contributed by atoms with Crippen LogP contribution in [0.5, 0.6) is 0 Å². The Labute approximate surface area is 196 Å². The Balaban J connectivity index is 1.16. The number of amides is 1. The van der Waals surface area contributed by atoms with Crippen LogP contribution in [0.1, 0.15) is 66.1 Å². The Morgan fingerprint density at radius 3 is 2.36 bits per heavy atom. The van der Waals surface area contributed by atoms with Crippen molar-refractivity contribution in [3.8, 4) is 0 Å². The molecule has 0 saturated heterocycles. The van der Waals surface area contributed by atoms with Gasteiger partial charge in [-0.05, 0) is 99.2 Å². The highest BCUT2D eigenvalue weighted by Crippen LogP contribution is 2.28. The van der Waals surface area contributed by atoms with Crippen molar-refractivity contribution >= 4 is 11.7 Å². The molecule has 1 fully saturated rings. The molecule has 1 aliphatic carbocycles. The average molecular weight is 451 g/mol. The quantitative estimate of drug-likeness (QED) is 0.620. The molecule has 0 bridgehead atoms. The number of hydrogen-bond acceptors (Lipinski definition) is 3. The van der Waals surface area contributed by atoms with Crippen molar-refractivity contribution in [1.82, 2.24) is 10.2 Å². The van der Waals surface area contributed by atoms with E-state index in [-0.39, 0.29) is 23.5 Å². The van der Waals surface area contributed by atoms with E-state index in [1.165, 1.54) is 29.7 Å². The summed E-state index contributed by atoms with van der Waals surface area (Å²) in [5, 5.41) is 3.17. The minimum atomic E-state index is -0.274. The van der Waals surface area contributed by atoms with E-state index in [1.807, 2.05) is 6.07 Å². The molecule has 0 atom stereocenters. The third kappa shape index (κ3) is 6.73. The number of benzene rings is 2. The van der Waals surface area contributed by atoms with Crippen molar-refractivity contribution in [3.63, 3.8) is 0 Å². The van der Waals surface area contributed by atoms with Gasteiger partial charge in [0.05, 0.1) is 6.42 Å². The molecule has 0 aromatic heterocycles. The number of rotatable bonds is 7. The van der Waals surface area contributed by atoms with Gasteiger partial charge >= 0.3 is 0 Å². The Kier molecular flexibility index (Phi) is 7.92. The van der Waals surface area contributed by atoms with Crippen LogP contribution in [-0.4, -0.2) is 42.3 Å². The molecule has 4 nitrogen and oxygen atoms in total. The van der Waals surface area contributed by atoms with Crippen molar-refractivity contribution in [2.45, 2.75) is 64.3 Å². The normalized spacial score (nSPS) is 21.2. The van der Waals surface area contributed by atoms with Gasteiger partial charge in [0.2, 0.25) is 5.91 Å². The van der Waals surface area contributed by atoms with E-state index < -0.39 is 0 Å². The summed E-state index contributed by atoms with van der Waals surface area (Å²) in [5.41, 5.74) is 4.39. The molecular formula is C28H35FN2O2. The summed E-state index contributed by atoms with van der Waals surface area (Å²) >= 11 is 0. The van der Waals surface area contributed by atoms with E-state index in [1.54, 1.807) is 19.1 Å². The molecular weight excluding hydrogens is 415 g/mol. The van der Waals surface area contributed by atoms with Crippen LogP contribution in [0.25, 0.3) is 0 Å². The molecule has 1 N–H and O–H groups in total. The number of Topliss-reactive ketones (excluding diaryl/α,β-unsaturated/α-hetero) is 1. The predicted molar refractivity (Wildman–Crippen MR) is 129 cm³/mol. The number of ketones is 1. The molecule has 0 spiro atoms. The highest BCUT2D eigenvalue weighted by molar-refractivity contribution is 5.94. The van der Waals surface area contributed by atoms with Crippen LogP contribution in [0.2, 0.25) is 0 Å². The van der Waals surface area contributed by atoms with Crippen molar-refractivity contribution in [3.05, 3.63) is 70.5 Å². The zero-order valence-corrected chi connectivity index (χ0v) is 19.6. The first-order chi connectivity index (χ1) is 16.0. The van der Waals surface area contributed by atoms with Crippen molar-refractivity contribution in [1.29, 1.82) is 0 Å². The molecule has 2 aliphatic rings. The van der Waals surface area contributed by atoms with Gasteiger partial charge < -0.3 is 10.2 Å². The van der Waals surface area contributed by atoms with Gasteiger partial charge in [-0.3, -0.25) is 9.59 Å². The Bertz CT molecular complexity index is 964. The van der Waals surface area contributed by atoms with E-state index in [2.05, 4.69) is 22.3 Å². The summed E-state index contributed by atoms with van der Waals surface area (Å²) in [6.07, 6.45) is 8.01. The number of fused-ring (bicyclic) bond motifs is 1. The third-order valence-corrected chi connectivity index (χ3v) is 7.35. The Morgan fingerprint density at radius 1 is 0.970 bits per heavy atom. The fourth-order valence-electron chi connectivity index (χ4n) is 5.24.